The highest BCUT2D eigenvalue weighted by Gasteiger charge is 2.34. The van der Waals surface area contributed by atoms with E-state index in [1.807, 2.05) is 23.6 Å². The van der Waals surface area contributed by atoms with Gasteiger partial charge in [0.1, 0.15) is 0 Å². The van der Waals surface area contributed by atoms with Gasteiger partial charge in [-0.05, 0) is 33.2 Å². The summed E-state index contributed by atoms with van der Waals surface area (Å²) in [6, 6.07) is -0.148. The average molecular weight is 337 g/mol. The Bertz CT molecular complexity index is 609. The van der Waals surface area contributed by atoms with E-state index in [-0.39, 0.29) is 30.0 Å². The van der Waals surface area contributed by atoms with Gasteiger partial charge in [-0.15, -0.1) is 0 Å². The molecule has 0 bridgehead atoms. The van der Waals surface area contributed by atoms with Crippen LogP contribution in [0.25, 0.3) is 0 Å². The van der Waals surface area contributed by atoms with E-state index in [0.29, 0.717) is 25.5 Å². The molecule has 1 aromatic rings. The molecule has 1 aromatic heterocycles. The first-order chi connectivity index (χ1) is 11.4. The minimum atomic E-state index is -0.720. The van der Waals surface area contributed by atoms with E-state index >= 15 is 0 Å². The number of rotatable bonds is 4. The van der Waals surface area contributed by atoms with Gasteiger partial charge in [-0.2, -0.15) is 4.98 Å². The molecule has 3 heterocycles. The van der Waals surface area contributed by atoms with E-state index in [1.165, 1.54) is 0 Å². The number of likely N-dealkylation sites (tertiary alicyclic amines) is 1. The van der Waals surface area contributed by atoms with Crippen LogP contribution in [0.5, 0.6) is 0 Å². The van der Waals surface area contributed by atoms with Crippen molar-refractivity contribution in [3.63, 3.8) is 0 Å². The van der Waals surface area contributed by atoms with E-state index in [1.54, 1.807) is 0 Å². The predicted molar refractivity (Wildman–Crippen MR) is 83.0 cm³/mol. The van der Waals surface area contributed by atoms with E-state index < -0.39 is 5.91 Å². The molecule has 2 N–H and O–H groups in total. The van der Waals surface area contributed by atoms with E-state index in [4.69, 9.17) is 15.0 Å². The lowest BCUT2D eigenvalue weighted by Gasteiger charge is -2.36. The summed E-state index contributed by atoms with van der Waals surface area (Å²) in [6.45, 7) is 6.22. The highest BCUT2D eigenvalue weighted by atomic mass is 16.5. The largest absolute Gasteiger partial charge is 0.372 e. The van der Waals surface area contributed by atoms with Gasteiger partial charge >= 0.3 is 0 Å². The highest BCUT2D eigenvalue weighted by molar-refractivity contribution is 5.88. The van der Waals surface area contributed by atoms with Gasteiger partial charge in [-0.3, -0.25) is 14.5 Å². The molecular weight excluding hydrogens is 314 g/mol. The third kappa shape index (κ3) is 3.57. The number of hydrogen-bond acceptors (Lipinski definition) is 7. The van der Waals surface area contributed by atoms with Gasteiger partial charge < -0.3 is 19.9 Å². The van der Waals surface area contributed by atoms with Crippen molar-refractivity contribution in [2.75, 3.05) is 26.2 Å². The van der Waals surface area contributed by atoms with Crippen molar-refractivity contribution in [1.82, 2.24) is 19.9 Å². The summed E-state index contributed by atoms with van der Waals surface area (Å²) < 4.78 is 10.8. The fraction of sp³-hybridized carbons (Fsp3) is 0.733. The predicted octanol–water partition coefficient (Wildman–Crippen LogP) is -0.0588. The fourth-order valence-corrected chi connectivity index (χ4v) is 3.42. The molecule has 0 saturated carbocycles. The first-order valence-corrected chi connectivity index (χ1v) is 8.24. The van der Waals surface area contributed by atoms with Crippen molar-refractivity contribution in [1.29, 1.82) is 0 Å². The van der Waals surface area contributed by atoms with Gasteiger partial charge in [0, 0.05) is 13.1 Å². The summed E-state index contributed by atoms with van der Waals surface area (Å²) in [6.07, 6.45) is 1.83. The minimum Gasteiger partial charge on any atom is -0.372 e. The van der Waals surface area contributed by atoms with Crippen LogP contribution in [0.1, 0.15) is 49.2 Å². The van der Waals surface area contributed by atoms with Gasteiger partial charge in [-0.25, -0.2) is 0 Å². The number of nitrogens with zero attached hydrogens (tertiary/aromatic N) is 4. The second kappa shape index (κ2) is 6.86. The van der Waals surface area contributed by atoms with Crippen LogP contribution >= 0.6 is 0 Å². The van der Waals surface area contributed by atoms with Gasteiger partial charge in [-0.1, -0.05) is 5.16 Å². The molecule has 132 valence electrons. The Balaban J connectivity index is 1.65. The third-order valence-electron chi connectivity index (χ3n) is 4.42. The minimum absolute atomic E-state index is 0.0427. The highest BCUT2D eigenvalue weighted by Crippen LogP contribution is 2.30. The van der Waals surface area contributed by atoms with E-state index in [0.717, 1.165) is 19.4 Å². The maximum Gasteiger partial charge on any atom is 0.290 e. The Labute approximate surface area is 140 Å². The third-order valence-corrected chi connectivity index (χ3v) is 4.42. The molecule has 2 saturated heterocycles. The standard InChI is InChI=1S/C15H23N5O4/c1-9-6-20(7-10(2)23-9)12(21)8-19-5-3-4-11(19)15-17-14(13(16)22)18-24-15/h9-11H,3-8H2,1-2H3,(H2,16,22). The summed E-state index contributed by atoms with van der Waals surface area (Å²) in [5.74, 6) is -0.433. The first-order valence-electron chi connectivity index (χ1n) is 8.24. The van der Waals surface area contributed by atoms with Crippen LogP contribution in [0.4, 0.5) is 0 Å². The lowest BCUT2D eigenvalue weighted by atomic mass is 10.2. The van der Waals surface area contributed by atoms with Gasteiger partial charge in [0.05, 0.1) is 24.8 Å². The number of ether oxygens (including phenoxy) is 1. The Morgan fingerprint density at radius 1 is 1.29 bits per heavy atom. The lowest BCUT2D eigenvalue weighted by molar-refractivity contribution is -0.144. The molecule has 9 nitrogen and oxygen atoms in total. The molecule has 3 rings (SSSR count). The molecule has 3 atom stereocenters. The van der Waals surface area contributed by atoms with Crippen LogP contribution < -0.4 is 5.73 Å². The Morgan fingerprint density at radius 3 is 2.62 bits per heavy atom. The van der Waals surface area contributed by atoms with Gasteiger partial charge in [0.25, 0.3) is 11.7 Å². The summed E-state index contributed by atoms with van der Waals surface area (Å²) in [5.41, 5.74) is 5.15. The zero-order chi connectivity index (χ0) is 17.3. The number of primary amides is 1. The van der Waals surface area contributed by atoms with Crippen molar-refractivity contribution >= 4 is 11.8 Å². The molecule has 0 radical (unpaired) electrons. The van der Waals surface area contributed by atoms with Crippen molar-refractivity contribution in [3.8, 4) is 0 Å². The van der Waals surface area contributed by atoms with E-state index in [2.05, 4.69) is 10.1 Å². The number of carbonyl (C=O) groups is 2. The lowest BCUT2D eigenvalue weighted by Crippen LogP contribution is -2.51. The smallest absolute Gasteiger partial charge is 0.290 e. The number of hydrogen-bond donors (Lipinski definition) is 1. The topological polar surface area (TPSA) is 115 Å². The molecule has 0 aliphatic carbocycles. The molecule has 9 heteroatoms. The number of aromatic nitrogens is 2. The van der Waals surface area contributed by atoms with Crippen molar-refractivity contribution < 1.29 is 18.8 Å². The molecule has 0 spiro atoms. The molecule has 24 heavy (non-hydrogen) atoms. The second-order valence-corrected chi connectivity index (χ2v) is 6.51. The number of carbonyl (C=O) groups excluding carboxylic acids is 2. The molecule has 0 aromatic carbocycles. The van der Waals surface area contributed by atoms with Gasteiger partial charge in [0.15, 0.2) is 0 Å². The van der Waals surface area contributed by atoms with Crippen molar-refractivity contribution in [2.24, 2.45) is 5.73 Å². The Hall–Kier alpha value is -2.00. The number of nitrogens with two attached hydrogens (primary N) is 1. The summed E-state index contributed by atoms with van der Waals surface area (Å²) >= 11 is 0. The molecule has 2 aliphatic rings. The number of morpholine rings is 1. The van der Waals surface area contributed by atoms with E-state index in [9.17, 15) is 9.59 Å². The zero-order valence-corrected chi connectivity index (χ0v) is 14.0. The van der Waals surface area contributed by atoms with Crippen LogP contribution in [-0.4, -0.2) is 70.1 Å². The average Bonchev–Trinajstić information content (AvgIpc) is 3.14. The van der Waals surface area contributed by atoms with Crippen LogP contribution in [0.15, 0.2) is 4.52 Å². The van der Waals surface area contributed by atoms with Crippen LogP contribution in [0, 0.1) is 0 Å². The summed E-state index contributed by atoms with van der Waals surface area (Å²) in [4.78, 5) is 31.6. The Kier molecular flexibility index (Phi) is 4.81. The first kappa shape index (κ1) is 16.8. The molecule has 3 unspecified atom stereocenters. The summed E-state index contributed by atoms with van der Waals surface area (Å²) in [5, 5.41) is 3.58. The van der Waals surface area contributed by atoms with Gasteiger partial charge in [0.2, 0.25) is 11.8 Å². The summed E-state index contributed by atoms with van der Waals surface area (Å²) in [7, 11) is 0. The molecular formula is C15H23N5O4. The quantitative estimate of drug-likeness (QED) is 0.818. The molecule has 2 aliphatic heterocycles. The second-order valence-electron chi connectivity index (χ2n) is 6.51. The number of amides is 2. The van der Waals surface area contributed by atoms with Crippen molar-refractivity contribution in [3.05, 3.63) is 11.7 Å². The maximum absolute atomic E-state index is 12.6. The molecule has 2 fully saturated rings. The SMILES string of the molecule is CC1CN(C(=O)CN2CCCC2c2nc(C(N)=O)no2)CC(C)O1. The Morgan fingerprint density at radius 2 is 2.00 bits per heavy atom. The van der Waals surface area contributed by atoms with Crippen LogP contribution in [0.3, 0.4) is 0 Å². The fourth-order valence-electron chi connectivity index (χ4n) is 3.42. The van der Waals surface area contributed by atoms with Crippen LogP contribution in [-0.2, 0) is 9.53 Å². The van der Waals surface area contributed by atoms with Crippen LogP contribution in [0.2, 0.25) is 0 Å². The zero-order valence-electron chi connectivity index (χ0n) is 14.0. The van der Waals surface area contributed by atoms with Crippen molar-refractivity contribution in [2.45, 2.75) is 44.9 Å². The monoisotopic (exact) mass is 337 g/mol. The normalized spacial score (nSPS) is 28.2. The maximum atomic E-state index is 12.6. The molecule has 2 amide bonds.